The molecule has 22 heavy (non-hydrogen) atoms. The fourth-order valence-electron chi connectivity index (χ4n) is 2.16. The van der Waals surface area contributed by atoms with Crippen LogP contribution in [0.15, 0.2) is 30.3 Å². The van der Waals surface area contributed by atoms with E-state index in [1.165, 1.54) is 0 Å². The molecule has 1 N–H and O–H groups in total. The minimum Gasteiger partial charge on any atom is -0.389 e. The molecule has 0 unspecified atom stereocenters. The zero-order chi connectivity index (χ0) is 16.6. The van der Waals surface area contributed by atoms with E-state index in [1.807, 2.05) is 18.7 Å². The molecule has 0 aliphatic rings. The molecule has 1 rings (SSSR count). The van der Waals surface area contributed by atoms with Gasteiger partial charge in [-0.25, -0.2) is 0 Å². The highest BCUT2D eigenvalue weighted by atomic mass is 19.4. The Morgan fingerprint density at radius 3 is 2.23 bits per heavy atom. The Kier molecular flexibility index (Phi) is 7.85. The van der Waals surface area contributed by atoms with Crippen LogP contribution in [0, 0.1) is 0 Å². The summed E-state index contributed by atoms with van der Waals surface area (Å²) in [5, 5.41) is 9.83. The average Bonchev–Trinajstić information content (AvgIpc) is 2.48. The molecule has 0 saturated carbocycles. The van der Waals surface area contributed by atoms with Crippen molar-refractivity contribution in [1.29, 1.82) is 0 Å². The largest absolute Gasteiger partial charge is 0.414 e. The van der Waals surface area contributed by atoms with Gasteiger partial charge >= 0.3 is 6.18 Å². The highest BCUT2D eigenvalue weighted by Crippen LogP contribution is 2.26. The summed E-state index contributed by atoms with van der Waals surface area (Å²) < 4.78 is 44.1. The van der Waals surface area contributed by atoms with Gasteiger partial charge in [0.1, 0.15) is 0 Å². The van der Waals surface area contributed by atoms with Crippen molar-refractivity contribution in [3.05, 3.63) is 35.9 Å². The first kappa shape index (κ1) is 18.9. The fraction of sp³-hybridized carbons (Fsp3) is 0.625. The maximum atomic E-state index is 13.0. The fourth-order valence-corrected chi connectivity index (χ4v) is 2.16. The summed E-state index contributed by atoms with van der Waals surface area (Å²) in [5.74, 6) is 0. The second-order valence-electron chi connectivity index (χ2n) is 5.19. The first-order chi connectivity index (χ1) is 10.4. The summed E-state index contributed by atoms with van der Waals surface area (Å²) in [7, 11) is 0. The molecule has 0 radical (unpaired) electrons. The van der Waals surface area contributed by atoms with E-state index in [9.17, 15) is 18.3 Å². The van der Waals surface area contributed by atoms with Crippen LogP contribution in [0.2, 0.25) is 0 Å². The monoisotopic (exact) mass is 319 g/mol. The molecule has 2 atom stereocenters. The number of likely N-dealkylation sites (N-methyl/N-ethyl adjacent to an activating group) is 1. The summed E-state index contributed by atoms with van der Waals surface area (Å²) in [6, 6.07) is 8.40. The highest BCUT2D eigenvalue weighted by Gasteiger charge is 2.40. The number of aliphatic hydroxyl groups excluding tert-OH is 1. The molecule has 0 heterocycles. The van der Waals surface area contributed by atoms with Gasteiger partial charge in [0.2, 0.25) is 0 Å². The minimum absolute atomic E-state index is 0.248. The van der Waals surface area contributed by atoms with Gasteiger partial charge in [-0.3, -0.25) is 0 Å². The Morgan fingerprint density at radius 2 is 1.73 bits per heavy atom. The summed E-state index contributed by atoms with van der Waals surface area (Å²) in [5.41, 5.74) is 0.558. The zero-order valence-corrected chi connectivity index (χ0v) is 13.0. The van der Waals surface area contributed by atoms with Crippen LogP contribution in [0.3, 0.4) is 0 Å². The van der Waals surface area contributed by atoms with Gasteiger partial charge in [0.05, 0.1) is 12.7 Å². The van der Waals surface area contributed by atoms with Crippen LogP contribution in [0.5, 0.6) is 0 Å². The predicted octanol–water partition coefficient (Wildman–Crippen LogP) is 2.88. The van der Waals surface area contributed by atoms with Crippen molar-refractivity contribution in [3.63, 3.8) is 0 Å². The van der Waals surface area contributed by atoms with Gasteiger partial charge in [0.15, 0.2) is 6.10 Å². The van der Waals surface area contributed by atoms with E-state index in [-0.39, 0.29) is 13.0 Å². The molecule has 0 amide bonds. The normalized spacial score (nSPS) is 15.0. The van der Waals surface area contributed by atoms with Crippen LogP contribution >= 0.6 is 0 Å². The van der Waals surface area contributed by atoms with Crippen LogP contribution in [0.1, 0.15) is 19.4 Å². The van der Waals surface area contributed by atoms with Crippen LogP contribution in [-0.2, 0) is 11.2 Å². The van der Waals surface area contributed by atoms with Gasteiger partial charge in [-0.15, -0.1) is 0 Å². The van der Waals surface area contributed by atoms with Crippen molar-refractivity contribution < 1.29 is 23.0 Å². The van der Waals surface area contributed by atoms with E-state index >= 15 is 0 Å². The Morgan fingerprint density at radius 1 is 1.14 bits per heavy atom. The number of alkyl halides is 3. The van der Waals surface area contributed by atoms with E-state index in [0.29, 0.717) is 12.1 Å². The first-order valence-electron chi connectivity index (χ1n) is 7.49. The third kappa shape index (κ3) is 6.77. The van der Waals surface area contributed by atoms with Gasteiger partial charge in [-0.05, 0) is 18.7 Å². The lowest BCUT2D eigenvalue weighted by molar-refractivity contribution is -0.225. The van der Waals surface area contributed by atoms with E-state index in [4.69, 9.17) is 4.74 Å². The lowest BCUT2D eigenvalue weighted by atomic mass is 10.1. The van der Waals surface area contributed by atoms with Crippen molar-refractivity contribution in [2.75, 3.05) is 26.2 Å². The topological polar surface area (TPSA) is 32.7 Å². The SMILES string of the molecule is CCN(CC)C[C@@H](O)CO[C@@H](Cc1ccccc1)C(F)(F)F. The van der Waals surface area contributed by atoms with Gasteiger partial charge < -0.3 is 14.7 Å². The molecular formula is C16H24F3NO2. The van der Waals surface area contributed by atoms with E-state index in [2.05, 4.69) is 0 Å². The van der Waals surface area contributed by atoms with Crippen LogP contribution in [0.4, 0.5) is 13.2 Å². The van der Waals surface area contributed by atoms with Crippen molar-refractivity contribution in [2.45, 2.75) is 38.7 Å². The number of benzene rings is 1. The minimum atomic E-state index is -4.45. The molecule has 3 nitrogen and oxygen atoms in total. The third-order valence-electron chi connectivity index (χ3n) is 3.48. The van der Waals surface area contributed by atoms with Crippen LogP contribution in [-0.4, -0.2) is 54.6 Å². The molecule has 0 bridgehead atoms. The molecule has 1 aromatic carbocycles. The number of hydrogen-bond acceptors (Lipinski definition) is 3. The quantitative estimate of drug-likeness (QED) is 0.760. The van der Waals surface area contributed by atoms with E-state index in [0.717, 1.165) is 13.1 Å². The molecule has 0 aromatic heterocycles. The van der Waals surface area contributed by atoms with E-state index in [1.54, 1.807) is 30.3 Å². The van der Waals surface area contributed by atoms with Gasteiger partial charge in [-0.2, -0.15) is 13.2 Å². The zero-order valence-electron chi connectivity index (χ0n) is 13.0. The lowest BCUT2D eigenvalue weighted by Gasteiger charge is -2.25. The predicted molar refractivity (Wildman–Crippen MR) is 79.7 cm³/mol. The van der Waals surface area contributed by atoms with Gasteiger partial charge in [-0.1, -0.05) is 44.2 Å². The molecule has 126 valence electrons. The standard InChI is InChI=1S/C16H24F3NO2/c1-3-20(4-2)11-14(21)12-22-15(16(17,18)19)10-13-8-6-5-7-9-13/h5-9,14-15,21H,3-4,10-12H2,1-2H3/t14-,15+/m1/s1. The molecule has 1 aromatic rings. The molecule has 0 fully saturated rings. The lowest BCUT2D eigenvalue weighted by Crippen LogP contribution is -2.39. The molecule has 0 saturated heterocycles. The van der Waals surface area contributed by atoms with Crippen molar-refractivity contribution in [3.8, 4) is 0 Å². The van der Waals surface area contributed by atoms with E-state index < -0.39 is 18.4 Å². The van der Waals surface area contributed by atoms with Gasteiger partial charge in [0, 0.05) is 13.0 Å². The summed E-state index contributed by atoms with van der Waals surface area (Å²) in [6.07, 6.45) is -7.53. The summed E-state index contributed by atoms with van der Waals surface area (Å²) in [6.45, 7) is 5.33. The second kappa shape index (κ2) is 9.12. The molecule has 6 heteroatoms. The Hall–Kier alpha value is -1.11. The summed E-state index contributed by atoms with van der Waals surface area (Å²) >= 11 is 0. The second-order valence-corrected chi connectivity index (χ2v) is 5.19. The molecule has 0 spiro atoms. The Balaban J connectivity index is 2.55. The number of hydrogen-bond donors (Lipinski definition) is 1. The average molecular weight is 319 g/mol. The molecule has 0 aliphatic carbocycles. The molecule has 0 aliphatic heterocycles. The van der Waals surface area contributed by atoms with Gasteiger partial charge in [0.25, 0.3) is 0 Å². The number of nitrogens with zero attached hydrogens (tertiary/aromatic N) is 1. The number of rotatable bonds is 9. The van der Waals surface area contributed by atoms with Crippen LogP contribution < -0.4 is 0 Å². The number of halogens is 3. The van der Waals surface area contributed by atoms with Crippen molar-refractivity contribution in [1.82, 2.24) is 4.90 Å². The Bertz CT molecular complexity index is 408. The summed E-state index contributed by atoms with van der Waals surface area (Å²) in [4.78, 5) is 1.94. The first-order valence-corrected chi connectivity index (χ1v) is 7.49. The smallest absolute Gasteiger partial charge is 0.389 e. The number of ether oxygens (including phenoxy) is 1. The van der Waals surface area contributed by atoms with Crippen molar-refractivity contribution >= 4 is 0 Å². The molecular weight excluding hydrogens is 295 g/mol. The van der Waals surface area contributed by atoms with Crippen LogP contribution in [0.25, 0.3) is 0 Å². The Labute approximate surface area is 129 Å². The third-order valence-corrected chi connectivity index (χ3v) is 3.48. The highest BCUT2D eigenvalue weighted by molar-refractivity contribution is 5.15. The van der Waals surface area contributed by atoms with Crippen molar-refractivity contribution in [2.24, 2.45) is 0 Å². The maximum absolute atomic E-state index is 13.0. The maximum Gasteiger partial charge on any atom is 0.414 e. The number of aliphatic hydroxyl groups is 1.